The van der Waals surface area contributed by atoms with Crippen LogP contribution in [-0.4, -0.2) is 16.6 Å². The highest BCUT2D eigenvalue weighted by Gasteiger charge is 2.52. The normalized spacial score (nSPS) is 33.5. The predicted molar refractivity (Wildman–Crippen MR) is 71.1 cm³/mol. The maximum absolute atomic E-state index is 11.4. The van der Waals surface area contributed by atoms with Gasteiger partial charge in [-0.1, -0.05) is 0 Å². The molecule has 5 heteroatoms. The Morgan fingerprint density at radius 1 is 1.26 bits per heavy atom. The molecule has 2 bridgehead atoms. The van der Waals surface area contributed by atoms with E-state index in [4.69, 9.17) is 16.0 Å². The highest BCUT2D eigenvalue weighted by Crippen LogP contribution is 2.52. The Kier molecular flexibility index (Phi) is 3.10. The van der Waals surface area contributed by atoms with E-state index in [0.717, 1.165) is 44.3 Å². The number of rotatable bonds is 4. The molecule has 0 saturated heterocycles. The predicted octanol–water partition coefficient (Wildman–Crippen LogP) is 3.20. The van der Waals surface area contributed by atoms with E-state index >= 15 is 0 Å². The molecule has 4 nitrogen and oxygen atoms in total. The quantitative estimate of drug-likeness (QED) is 0.891. The molecule has 1 aromatic rings. The van der Waals surface area contributed by atoms with Crippen molar-refractivity contribution >= 4 is 17.6 Å². The summed E-state index contributed by atoms with van der Waals surface area (Å²) in [7, 11) is 0. The van der Waals surface area contributed by atoms with Crippen LogP contribution < -0.4 is 5.32 Å². The third kappa shape index (κ3) is 2.28. The van der Waals surface area contributed by atoms with Crippen LogP contribution in [0.25, 0.3) is 0 Å². The number of hydrogen-bond donors (Lipinski definition) is 2. The van der Waals surface area contributed by atoms with Crippen LogP contribution >= 0.6 is 11.6 Å². The first-order chi connectivity index (χ1) is 9.04. The fourth-order valence-corrected chi connectivity index (χ4v) is 3.66. The second-order valence-electron chi connectivity index (χ2n) is 5.93. The van der Waals surface area contributed by atoms with Crippen molar-refractivity contribution in [3.63, 3.8) is 0 Å². The lowest BCUT2D eigenvalue weighted by Gasteiger charge is -2.51. The van der Waals surface area contributed by atoms with Crippen molar-refractivity contribution in [2.24, 2.45) is 5.41 Å². The van der Waals surface area contributed by atoms with Crippen molar-refractivity contribution in [1.82, 2.24) is 5.32 Å². The Morgan fingerprint density at radius 2 is 1.89 bits per heavy atom. The van der Waals surface area contributed by atoms with Gasteiger partial charge in [-0.2, -0.15) is 0 Å². The highest BCUT2D eigenvalue weighted by atomic mass is 35.5. The second-order valence-corrected chi connectivity index (χ2v) is 6.30. The van der Waals surface area contributed by atoms with Gasteiger partial charge in [0, 0.05) is 5.54 Å². The van der Waals surface area contributed by atoms with Crippen molar-refractivity contribution in [3.8, 4) is 0 Å². The zero-order valence-corrected chi connectivity index (χ0v) is 11.5. The highest BCUT2D eigenvalue weighted by molar-refractivity contribution is 6.28. The van der Waals surface area contributed by atoms with Crippen molar-refractivity contribution in [2.45, 2.75) is 50.6 Å². The SMILES string of the molecule is O=C(O)C12CCC(NCc3ccc(Cl)o3)(CC1)CC2. The number of halogens is 1. The average Bonchev–Trinajstić information content (AvgIpc) is 2.84. The molecule has 1 aromatic heterocycles. The molecule has 19 heavy (non-hydrogen) atoms. The Morgan fingerprint density at radius 3 is 2.37 bits per heavy atom. The van der Waals surface area contributed by atoms with Gasteiger partial charge < -0.3 is 14.8 Å². The summed E-state index contributed by atoms with van der Waals surface area (Å²) in [6.07, 6.45) is 5.17. The first-order valence-electron chi connectivity index (χ1n) is 6.76. The van der Waals surface area contributed by atoms with Crippen LogP contribution in [0.3, 0.4) is 0 Å². The lowest BCUT2D eigenvalue weighted by Crippen LogP contribution is -2.56. The molecule has 0 radical (unpaired) electrons. The lowest BCUT2D eigenvalue weighted by molar-refractivity contribution is -0.156. The molecular weight excluding hydrogens is 266 g/mol. The van der Waals surface area contributed by atoms with E-state index in [0.29, 0.717) is 11.8 Å². The van der Waals surface area contributed by atoms with Gasteiger partial charge in [-0.3, -0.25) is 4.79 Å². The zero-order valence-electron chi connectivity index (χ0n) is 10.7. The van der Waals surface area contributed by atoms with E-state index < -0.39 is 11.4 Å². The third-order valence-electron chi connectivity index (χ3n) is 4.97. The van der Waals surface area contributed by atoms with Crippen LogP contribution in [0, 0.1) is 5.41 Å². The van der Waals surface area contributed by atoms with Gasteiger partial charge in [0.05, 0.1) is 12.0 Å². The van der Waals surface area contributed by atoms with Gasteiger partial charge in [-0.15, -0.1) is 0 Å². The number of aliphatic carboxylic acids is 1. The van der Waals surface area contributed by atoms with Crippen LogP contribution in [-0.2, 0) is 11.3 Å². The number of furan rings is 1. The third-order valence-corrected chi connectivity index (χ3v) is 5.17. The number of hydrogen-bond acceptors (Lipinski definition) is 3. The van der Waals surface area contributed by atoms with Crippen molar-refractivity contribution in [1.29, 1.82) is 0 Å². The number of nitrogens with one attached hydrogen (secondary N) is 1. The maximum Gasteiger partial charge on any atom is 0.309 e. The van der Waals surface area contributed by atoms with Gasteiger partial charge in [-0.25, -0.2) is 0 Å². The number of carbonyl (C=O) groups is 1. The minimum absolute atomic E-state index is 0.0937. The summed E-state index contributed by atoms with van der Waals surface area (Å²) in [5, 5.41) is 13.3. The van der Waals surface area contributed by atoms with Gasteiger partial charge in [0.1, 0.15) is 5.76 Å². The summed E-state index contributed by atoms with van der Waals surface area (Å²) >= 11 is 5.75. The fourth-order valence-electron chi connectivity index (χ4n) is 3.49. The van der Waals surface area contributed by atoms with Gasteiger partial charge in [-0.05, 0) is 62.3 Å². The largest absolute Gasteiger partial charge is 0.481 e. The van der Waals surface area contributed by atoms with E-state index in [1.54, 1.807) is 6.07 Å². The first kappa shape index (κ1) is 13.0. The average molecular weight is 284 g/mol. The molecule has 4 rings (SSSR count). The van der Waals surface area contributed by atoms with E-state index in [2.05, 4.69) is 5.32 Å². The van der Waals surface area contributed by atoms with Crippen molar-refractivity contribution < 1.29 is 14.3 Å². The minimum Gasteiger partial charge on any atom is -0.481 e. The van der Waals surface area contributed by atoms with Crippen LogP contribution in [0.1, 0.15) is 44.3 Å². The van der Waals surface area contributed by atoms with Crippen LogP contribution in [0.5, 0.6) is 0 Å². The van der Waals surface area contributed by atoms with Crippen molar-refractivity contribution in [2.75, 3.05) is 0 Å². The number of fused-ring (bicyclic) bond motifs is 3. The van der Waals surface area contributed by atoms with Crippen LogP contribution in [0.4, 0.5) is 0 Å². The van der Waals surface area contributed by atoms with Gasteiger partial charge in [0.15, 0.2) is 5.22 Å². The maximum atomic E-state index is 11.4. The molecule has 104 valence electrons. The van der Waals surface area contributed by atoms with Gasteiger partial charge >= 0.3 is 5.97 Å². The van der Waals surface area contributed by atoms with E-state index in [-0.39, 0.29) is 5.54 Å². The first-order valence-corrected chi connectivity index (χ1v) is 7.14. The molecule has 0 aromatic carbocycles. The second kappa shape index (κ2) is 4.53. The Bertz CT molecular complexity index is 472. The Hall–Kier alpha value is -1.00. The molecule has 3 aliphatic rings. The minimum atomic E-state index is -0.612. The van der Waals surface area contributed by atoms with Crippen LogP contribution in [0.15, 0.2) is 16.5 Å². The molecule has 0 amide bonds. The monoisotopic (exact) mass is 283 g/mol. The summed E-state index contributed by atoms with van der Waals surface area (Å²) in [4.78, 5) is 11.4. The molecular formula is C14H18ClNO3. The standard InChI is InChI=1S/C14H18ClNO3/c15-11-2-1-10(19-11)9-16-14-6-3-13(4-7-14,5-8-14)12(17)18/h1-2,16H,3-9H2,(H,17,18). The zero-order chi connectivity index (χ0) is 13.5. The molecule has 0 unspecified atom stereocenters. The van der Waals surface area contributed by atoms with Crippen molar-refractivity contribution in [3.05, 3.63) is 23.1 Å². The molecule has 3 aliphatic carbocycles. The summed E-state index contributed by atoms with van der Waals surface area (Å²) in [6.45, 7) is 0.660. The molecule has 0 atom stereocenters. The molecule has 2 N–H and O–H groups in total. The van der Waals surface area contributed by atoms with Gasteiger partial charge in [0.2, 0.25) is 0 Å². The lowest BCUT2D eigenvalue weighted by atomic mass is 9.57. The summed E-state index contributed by atoms with van der Waals surface area (Å²) in [5.74, 6) is 0.221. The molecule has 0 aliphatic heterocycles. The Labute approximate surface area is 117 Å². The summed E-state index contributed by atoms with van der Waals surface area (Å²) in [6, 6.07) is 3.62. The summed E-state index contributed by atoms with van der Waals surface area (Å²) < 4.78 is 5.34. The smallest absolute Gasteiger partial charge is 0.309 e. The summed E-state index contributed by atoms with van der Waals surface area (Å²) in [5.41, 5.74) is -0.353. The Balaban J connectivity index is 1.63. The molecule has 0 spiro atoms. The molecule has 3 fully saturated rings. The number of carboxylic acid groups (broad SMARTS) is 1. The topological polar surface area (TPSA) is 62.5 Å². The van der Waals surface area contributed by atoms with E-state index in [1.807, 2.05) is 6.07 Å². The van der Waals surface area contributed by atoms with E-state index in [1.165, 1.54) is 0 Å². The molecule has 3 saturated carbocycles. The van der Waals surface area contributed by atoms with Gasteiger partial charge in [0.25, 0.3) is 0 Å². The molecule has 1 heterocycles. The van der Waals surface area contributed by atoms with Crippen LogP contribution in [0.2, 0.25) is 5.22 Å². The fraction of sp³-hybridized carbons (Fsp3) is 0.643. The number of carboxylic acids is 1. The van der Waals surface area contributed by atoms with E-state index in [9.17, 15) is 9.90 Å².